The maximum atomic E-state index is 10.1. The molecule has 1 aliphatic rings. The lowest BCUT2D eigenvalue weighted by Gasteiger charge is -2.43. The van der Waals surface area contributed by atoms with E-state index in [-0.39, 0.29) is 12.0 Å². The number of hydrogen-bond donors (Lipinski definition) is 3. The highest BCUT2D eigenvalue weighted by Crippen LogP contribution is 2.18. The molecule has 0 radical (unpaired) electrons. The van der Waals surface area contributed by atoms with E-state index in [1.165, 1.54) is 10.5 Å². The predicted octanol–water partition coefficient (Wildman–Crippen LogP) is 1.67. The second kappa shape index (κ2) is 9.40. The Labute approximate surface area is 155 Å². The third kappa shape index (κ3) is 5.59. The summed E-state index contributed by atoms with van der Waals surface area (Å²) in [7, 11) is 5.48. The van der Waals surface area contributed by atoms with E-state index in [1.807, 2.05) is 26.2 Å². The topological polar surface area (TPSA) is 62.2 Å². The van der Waals surface area contributed by atoms with Gasteiger partial charge in [0.1, 0.15) is 0 Å². The summed E-state index contributed by atoms with van der Waals surface area (Å²) in [5.74, 6) is 0.0957. The van der Waals surface area contributed by atoms with Crippen molar-refractivity contribution < 1.29 is 10.2 Å². The second-order valence-corrected chi connectivity index (χ2v) is 6.96. The molecule has 0 spiro atoms. The summed E-state index contributed by atoms with van der Waals surface area (Å²) < 4.78 is 0. The molecule has 6 nitrogen and oxygen atoms in total. The van der Waals surface area contributed by atoms with Crippen LogP contribution in [-0.2, 0) is 6.42 Å². The minimum Gasteiger partial charge on any atom is -0.495 e. The summed E-state index contributed by atoms with van der Waals surface area (Å²) in [6.07, 6.45) is 2.87. The van der Waals surface area contributed by atoms with Gasteiger partial charge in [-0.2, -0.15) is 0 Å². The van der Waals surface area contributed by atoms with E-state index in [1.54, 1.807) is 18.0 Å². The van der Waals surface area contributed by atoms with E-state index in [4.69, 9.17) is 11.6 Å². The van der Waals surface area contributed by atoms with E-state index in [0.717, 1.165) is 37.5 Å². The first-order valence-corrected chi connectivity index (χ1v) is 8.97. The highest BCUT2D eigenvalue weighted by atomic mass is 35.5. The Balaban J connectivity index is 1.66. The molecule has 3 N–H and O–H groups in total. The standard InChI is InChI=1S/C18H29ClN4O2/c1-21(16-13-17(24)23(3)18(25)22(16)2)12-11-20-10-4-5-14-6-8-15(19)9-7-14/h6-9,13,16,18,20,24-25H,4-5,10-12H2,1-3H3. The second-order valence-electron chi connectivity index (χ2n) is 6.52. The van der Waals surface area contributed by atoms with Crippen LogP contribution < -0.4 is 5.32 Å². The molecule has 2 unspecified atom stereocenters. The third-order valence-electron chi connectivity index (χ3n) is 4.61. The fourth-order valence-corrected chi connectivity index (χ4v) is 3.04. The molecule has 2 rings (SSSR count). The van der Waals surface area contributed by atoms with Crippen molar-refractivity contribution in [3.05, 3.63) is 46.8 Å². The van der Waals surface area contributed by atoms with Crippen LogP contribution in [0.1, 0.15) is 12.0 Å². The number of benzene rings is 1. The first-order chi connectivity index (χ1) is 11.9. The van der Waals surface area contributed by atoms with Crippen molar-refractivity contribution in [2.45, 2.75) is 25.4 Å². The van der Waals surface area contributed by atoms with Gasteiger partial charge < -0.3 is 20.4 Å². The minimum atomic E-state index is -0.829. The molecule has 0 amide bonds. The lowest BCUT2D eigenvalue weighted by Crippen LogP contribution is -2.57. The van der Waals surface area contributed by atoms with Gasteiger partial charge in [-0.05, 0) is 51.2 Å². The van der Waals surface area contributed by atoms with Gasteiger partial charge in [-0.15, -0.1) is 0 Å². The van der Waals surface area contributed by atoms with Crippen molar-refractivity contribution >= 4 is 11.6 Å². The van der Waals surface area contributed by atoms with Gasteiger partial charge in [0.15, 0.2) is 12.2 Å². The van der Waals surface area contributed by atoms with Crippen molar-refractivity contribution in [3.8, 4) is 0 Å². The Kier molecular flexibility index (Phi) is 7.53. The van der Waals surface area contributed by atoms with Crippen LogP contribution in [0.4, 0.5) is 0 Å². The number of aliphatic hydroxyl groups is 2. The Bertz CT molecular complexity index is 567. The summed E-state index contributed by atoms with van der Waals surface area (Å²) in [5, 5.41) is 24.2. The van der Waals surface area contributed by atoms with Crippen molar-refractivity contribution in [3.63, 3.8) is 0 Å². The normalized spacial score (nSPS) is 21.7. The molecule has 25 heavy (non-hydrogen) atoms. The minimum absolute atomic E-state index is 0.0957. The molecular formula is C18H29ClN4O2. The Morgan fingerprint density at radius 3 is 2.56 bits per heavy atom. The molecule has 7 heteroatoms. The quantitative estimate of drug-likeness (QED) is 0.607. The molecule has 1 aromatic carbocycles. The zero-order valence-corrected chi connectivity index (χ0v) is 15.9. The van der Waals surface area contributed by atoms with Gasteiger partial charge in [0.25, 0.3) is 0 Å². The number of nitrogens with one attached hydrogen (secondary N) is 1. The largest absolute Gasteiger partial charge is 0.495 e. The van der Waals surface area contributed by atoms with Gasteiger partial charge in [0, 0.05) is 31.2 Å². The zero-order chi connectivity index (χ0) is 18.4. The summed E-state index contributed by atoms with van der Waals surface area (Å²) in [6.45, 7) is 2.61. The lowest BCUT2D eigenvalue weighted by atomic mass is 10.1. The Morgan fingerprint density at radius 2 is 1.88 bits per heavy atom. The van der Waals surface area contributed by atoms with Crippen LogP contribution in [0, 0.1) is 0 Å². The van der Waals surface area contributed by atoms with E-state index < -0.39 is 6.35 Å². The molecule has 2 atom stereocenters. The van der Waals surface area contributed by atoms with Gasteiger partial charge >= 0.3 is 0 Å². The van der Waals surface area contributed by atoms with Crippen LogP contribution in [0.3, 0.4) is 0 Å². The molecule has 0 saturated carbocycles. The van der Waals surface area contributed by atoms with E-state index in [0.29, 0.717) is 0 Å². The predicted molar refractivity (Wildman–Crippen MR) is 101 cm³/mol. The summed E-state index contributed by atoms with van der Waals surface area (Å²) >= 11 is 5.89. The number of aliphatic hydroxyl groups excluding tert-OH is 2. The first kappa shape index (κ1) is 20.0. The van der Waals surface area contributed by atoms with Crippen LogP contribution >= 0.6 is 11.6 Å². The van der Waals surface area contributed by atoms with Gasteiger partial charge in [-0.25, -0.2) is 4.90 Å². The monoisotopic (exact) mass is 368 g/mol. The maximum absolute atomic E-state index is 10.1. The van der Waals surface area contributed by atoms with Crippen LogP contribution in [0.25, 0.3) is 0 Å². The number of halogens is 1. The molecular weight excluding hydrogens is 340 g/mol. The van der Waals surface area contributed by atoms with Crippen molar-refractivity contribution in [1.29, 1.82) is 0 Å². The van der Waals surface area contributed by atoms with Crippen molar-refractivity contribution in [1.82, 2.24) is 20.0 Å². The first-order valence-electron chi connectivity index (χ1n) is 8.59. The summed E-state index contributed by atoms with van der Waals surface area (Å²) in [4.78, 5) is 5.33. The molecule has 140 valence electrons. The highest BCUT2D eigenvalue weighted by Gasteiger charge is 2.31. The number of nitrogens with zero attached hydrogens (tertiary/aromatic N) is 3. The molecule has 1 aliphatic heterocycles. The average molecular weight is 369 g/mol. The summed E-state index contributed by atoms with van der Waals surface area (Å²) in [6, 6.07) is 7.98. The van der Waals surface area contributed by atoms with E-state index in [9.17, 15) is 10.2 Å². The van der Waals surface area contributed by atoms with Gasteiger partial charge in [-0.3, -0.25) is 4.90 Å². The number of rotatable bonds is 8. The number of likely N-dealkylation sites (N-methyl/N-ethyl adjacent to an activating group) is 2. The van der Waals surface area contributed by atoms with E-state index >= 15 is 0 Å². The van der Waals surface area contributed by atoms with Gasteiger partial charge in [-0.1, -0.05) is 23.7 Å². The lowest BCUT2D eigenvalue weighted by molar-refractivity contribution is -0.136. The average Bonchev–Trinajstić information content (AvgIpc) is 2.60. The fourth-order valence-electron chi connectivity index (χ4n) is 2.92. The highest BCUT2D eigenvalue weighted by molar-refractivity contribution is 6.30. The fraction of sp³-hybridized carbons (Fsp3) is 0.556. The molecule has 0 saturated heterocycles. The smallest absolute Gasteiger partial charge is 0.189 e. The maximum Gasteiger partial charge on any atom is 0.189 e. The van der Waals surface area contributed by atoms with Gasteiger partial charge in [0.05, 0.1) is 6.17 Å². The SMILES string of the molecule is CN(CCNCCCc1ccc(Cl)cc1)C1C=C(O)N(C)C(O)N1C. The van der Waals surface area contributed by atoms with Crippen LogP contribution in [0.2, 0.25) is 5.02 Å². The zero-order valence-electron chi connectivity index (χ0n) is 15.2. The molecule has 1 aromatic rings. The molecule has 0 fully saturated rings. The molecule has 0 aliphatic carbocycles. The number of aryl methyl sites for hydroxylation is 1. The van der Waals surface area contributed by atoms with Crippen LogP contribution in [0.15, 0.2) is 36.2 Å². The molecule has 0 aromatic heterocycles. The van der Waals surface area contributed by atoms with Crippen LogP contribution in [-0.4, -0.2) is 78.2 Å². The van der Waals surface area contributed by atoms with Crippen LogP contribution in [0.5, 0.6) is 0 Å². The Hall–Kier alpha value is -1.31. The molecule has 0 bridgehead atoms. The van der Waals surface area contributed by atoms with Crippen molar-refractivity contribution in [2.75, 3.05) is 40.8 Å². The molecule has 1 heterocycles. The van der Waals surface area contributed by atoms with Crippen molar-refractivity contribution in [2.24, 2.45) is 0 Å². The Morgan fingerprint density at radius 1 is 1.20 bits per heavy atom. The number of hydrogen-bond acceptors (Lipinski definition) is 6. The third-order valence-corrected chi connectivity index (χ3v) is 4.86. The van der Waals surface area contributed by atoms with Gasteiger partial charge in [0.2, 0.25) is 0 Å². The summed E-state index contributed by atoms with van der Waals surface area (Å²) in [5.41, 5.74) is 1.30. The van der Waals surface area contributed by atoms with E-state index in [2.05, 4.69) is 22.3 Å².